The van der Waals surface area contributed by atoms with Crippen molar-refractivity contribution in [3.63, 3.8) is 0 Å². The molecule has 0 heterocycles. The Balaban J connectivity index is -0.000000260. The van der Waals surface area contributed by atoms with Gasteiger partial charge in [0, 0.05) is 5.34 Å². The van der Waals surface area contributed by atoms with Crippen molar-refractivity contribution in [1.82, 2.24) is 0 Å². The molecule has 0 fully saturated rings. The summed E-state index contributed by atoms with van der Waals surface area (Å²) in [6, 6.07) is 6.82. The summed E-state index contributed by atoms with van der Waals surface area (Å²) in [5, 5.41) is 16.9. The van der Waals surface area contributed by atoms with Gasteiger partial charge in [0.2, 0.25) is 0 Å². The molecule has 0 spiro atoms. The van der Waals surface area contributed by atoms with Gasteiger partial charge in [0.25, 0.3) is 0 Å². The van der Waals surface area contributed by atoms with E-state index in [9.17, 15) is 4.79 Å². The Morgan fingerprint density at radius 2 is 1.87 bits per heavy atom. The van der Waals surface area contributed by atoms with Crippen molar-refractivity contribution in [2.24, 2.45) is 0 Å². The molecule has 0 unspecified atom stereocenters. The quantitative estimate of drug-likeness (QED) is 0.358. The van der Waals surface area contributed by atoms with Crippen molar-refractivity contribution in [2.75, 3.05) is 0 Å². The number of aromatic carboxylic acids is 1. The average molecular weight is 231 g/mol. The van der Waals surface area contributed by atoms with Crippen LogP contribution in [0.1, 0.15) is 15.9 Å². The molecular weight excluding hydrogens is 220 g/mol. The molecule has 1 rings (SSSR count). The van der Waals surface area contributed by atoms with Crippen molar-refractivity contribution in [3.05, 3.63) is 45.5 Å². The van der Waals surface area contributed by atoms with E-state index in [0.29, 0.717) is 5.56 Å². The normalized spacial score (nSPS) is 7.00. The van der Waals surface area contributed by atoms with Gasteiger partial charge in [-0.05, 0) is 19.1 Å². The standard InChI is InChI=1S/C8H8O2.HNO2.2Na.2H/c1-6-3-2-4-7(5-6)8(9)10;2-1-3;;;;/h2-5H,1H3,(H,9,10);1H;;;;. The van der Waals surface area contributed by atoms with E-state index in [1.807, 2.05) is 13.0 Å². The molecule has 0 amide bonds. The molecule has 0 saturated heterocycles. The number of carboxylic acids is 1. The summed E-state index contributed by atoms with van der Waals surface area (Å²) < 4.78 is 0. The van der Waals surface area contributed by atoms with Gasteiger partial charge in [0.05, 0.1) is 5.56 Å². The maximum absolute atomic E-state index is 10.4. The van der Waals surface area contributed by atoms with Crippen LogP contribution in [0.3, 0.4) is 0 Å². The number of benzene rings is 1. The summed E-state index contributed by atoms with van der Waals surface area (Å²) in [5.74, 6) is -0.872. The first-order valence-corrected chi connectivity index (χ1v) is 3.41. The van der Waals surface area contributed by atoms with Gasteiger partial charge < -0.3 is 5.11 Å². The van der Waals surface area contributed by atoms with E-state index in [0.717, 1.165) is 5.56 Å². The predicted molar refractivity (Wildman–Crippen MR) is 60.1 cm³/mol. The molecule has 1 aromatic carbocycles. The Morgan fingerprint density at radius 3 is 2.13 bits per heavy atom. The van der Waals surface area contributed by atoms with E-state index in [-0.39, 0.29) is 64.5 Å². The summed E-state index contributed by atoms with van der Waals surface area (Å²) in [7, 11) is 0. The van der Waals surface area contributed by atoms with Crippen LogP contribution in [0.4, 0.5) is 0 Å². The topological polar surface area (TPSA) is 91.4 Å². The third kappa shape index (κ3) is 10.4. The molecule has 15 heavy (non-hydrogen) atoms. The fourth-order valence-electron chi connectivity index (χ4n) is 0.778. The van der Waals surface area contributed by atoms with Crippen LogP contribution in [0.15, 0.2) is 24.3 Å². The van der Waals surface area contributed by atoms with Crippen molar-refractivity contribution in [1.29, 1.82) is 0 Å². The molecule has 0 bridgehead atoms. The molecule has 0 saturated carbocycles. The maximum atomic E-state index is 10.4. The molecule has 0 aliphatic heterocycles. The Bertz CT molecular complexity index is 306. The molecular formula is C8H11NNa2O4. The van der Waals surface area contributed by atoms with Crippen molar-refractivity contribution >= 4 is 65.1 Å². The van der Waals surface area contributed by atoms with E-state index >= 15 is 0 Å². The fourth-order valence-corrected chi connectivity index (χ4v) is 0.778. The second-order valence-electron chi connectivity index (χ2n) is 2.26. The second-order valence-corrected chi connectivity index (χ2v) is 2.26. The van der Waals surface area contributed by atoms with Gasteiger partial charge in [-0.2, -0.15) is 0 Å². The number of carbonyl (C=O) groups is 1. The van der Waals surface area contributed by atoms with Crippen LogP contribution in [0.25, 0.3) is 0 Å². The Kier molecular flexibility index (Phi) is 16.6. The Morgan fingerprint density at radius 1 is 1.40 bits per heavy atom. The van der Waals surface area contributed by atoms with Gasteiger partial charge in [-0.3, -0.25) is 10.1 Å². The summed E-state index contributed by atoms with van der Waals surface area (Å²) in [5.41, 5.74) is 1.32. The first-order valence-electron chi connectivity index (χ1n) is 3.41. The SMILES string of the molecule is Cc1cccc(C(=O)O)c1.O=[NH+][O-].[NaH].[NaH]. The Hall–Kier alpha value is 0.0900. The molecule has 0 radical (unpaired) electrons. The molecule has 1 aromatic rings. The molecule has 74 valence electrons. The van der Waals surface area contributed by atoms with Gasteiger partial charge in [0.1, 0.15) is 0 Å². The first kappa shape index (κ1) is 20.5. The number of hydrogen-bond acceptors (Lipinski definition) is 3. The van der Waals surface area contributed by atoms with Gasteiger partial charge >= 0.3 is 65.1 Å². The first-order chi connectivity index (χ1) is 6.11. The van der Waals surface area contributed by atoms with Gasteiger partial charge in [-0.25, -0.2) is 4.79 Å². The summed E-state index contributed by atoms with van der Waals surface area (Å²) in [4.78, 5) is 18.5. The number of carboxylic acid groups (broad SMARTS) is 1. The summed E-state index contributed by atoms with van der Waals surface area (Å²) in [6.45, 7) is 1.87. The van der Waals surface area contributed by atoms with E-state index in [4.69, 9.17) is 15.2 Å². The van der Waals surface area contributed by atoms with E-state index in [1.165, 1.54) is 0 Å². The molecule has 0 aromatic heterocycles. The van der Waals surface area contributed by atoms with Crippen molar-refractivity contribution in [3.8, 4) is 0 Å². The van der Waals surface area contributed by atoms with Crippen LogP contribution in [0.5, 0.6) is 0 Å². The molecule has 5 nitrogen and oxygen atoms in total. The molecule has 0 atom stereocenters. The number of nitrogens with one attached hydrogen (secondary N) is 1. The van der Waals surface area contributed by atoms with Gasteiger partial charge in [0.15, 0.2) is 0 Å². The van der Waals surface area contributed by atoms with Gasteiger partial charge in [-0.1, -0.05) is 17.7 Å². The van der Waals surface area contributed by atoms with Crippen LogP contribution in [-0.4, -0.2) is 70.2 Å². The van der Waals surface area contributed by atoms with E-state index in [1.54, 1.807) is 18.2 Å². The minimum absolute atomic E-state index is 0. The average Bonchev–Trinajstić information content (AvgIpc) is 2.05. The van der Waals surface area contributed by atoms with Crippen LogP contribution in [0.2, 0.25) is 0 Å². The van der Waals surface area contributed by atoms with Crippen LogP contribution >= 0.6 is 0 Å². The summed E-state index contributed by atoms with van der Waals surface area (Å²) in [6.07, 6.45) is 0. The molecule has 7 heteroatoms. The van der Waals surface area contributed by atoms with Gasteiger partial charge in [-0.15, -0.1) is 0 Å². The second kappa shape index (κ2) is 12.2. The predicted octanol–water partition coefficient (Wildman–Crippen LogP) is -1.27. The zero-order valence-electron chi connectivity index (χ0n) is 6.98. The summed E-state index contributed by atoms with van der Waals surface area (Å²) >= 11 is 0. The van der Waals surface area contributed by atoms with E-state index < -0.39 is 5.97 Å². The molecule has 2 N–H and O–H groups in total. The zero-order valence-corrected chi connectivity index (χ0v) is 6.98. The van der Waals surface area contributed by atoms with Crippen molar-refractivity contribution in [2.45, 2.75) is 6.92 Å². The van der Waals surface area contributed by atoms with Crippen LogP contribution in [0, 0.1) is 17.0 Å². The van der Waals surface area contributed by atoms with Crippen LogP contribution in [-0.2, 0) is 0 Å². The Labute approximate surface area is 131 Å². The van der Waals surface area contributed by atoms with E-state index in [2.05, 4.69) is 0 Å². The number of rotatable bonds is 1. The fraction of sp³-hybridized carbons (Fsp3) is 0.125. The third-order valence-electron chi connectivity index (χ3n) is 1.27. The third-order valence-corrected chi connectivity index (χ3v) is 1.27. The number of hydrogen-bond donors (Lipinski definition) is 2. The zero-order chi connectivity index (χ0) is 10.3. The monoisotopic (exact) mass is 231 g/mol. The molecule has 0 aliphatic carbocycles. The van der Waals surface area contributed by atoms with Crippen LogP contribution < -0.4 is 5.34 Å². The van der Waals surface area contributed by atoms with Crippen molar-refractivity contribution < 1.29 is 15.2 Å². The minimum atomic E-state index is -0.872. The number of aryl methyl sites for hydroxylation is 1. The molecule has 0 aliphatic rings.